The monoisotopic (exact) mass is 288 g/mol. The lowest BCUT2D eigenvalue weighted by atomic mass is 10.2. The Bertz CT molecular complexity index is 603. The summed E-state index contributed by atoms with van der Waals surface area (Å²) in [6, 6.07) is 8.06. The number of carbonyl (C=O) groups is 1. The summed E-state index contributed by atoms with van der Waals surface area (Å²) in [6.45, 7) is 2.13. The molecule has 0 spiro atoms. The highest BCUT2D eigenvalue weighted by Gasteiger charge is 2.30. The van der Waals surface area contributed by atoms with E-state index in [0.717, 1.165) is 24.2 Å². The van der Waals surface area contributed by atoms with Gasteiger partial charge in [0.2, 0.25) is 11.7 Å². The van der Waals surface area contributed by atoms with E-state index < -0.39 is 0 Å². The fourth-order valence-corrected chi connectivity index (χ4v) is 2.67. The number of ketones is 1. The first-order chi connectivity index (χ1) is 9.76. The van der Waals surface area contributed by atoms with Crippen molar-refractivity contribution in [2.24, 2.45) is 5.92 Å². The SMILES string of the molecule is CCSc1ccc(-c2noc(CC(=O)C3CC3)n2)cc1. The van der Waals surface area contributed by atoms with E-state index in [0.29, 0.717) is 11.7 Å². The number of benzene rings is 1. The van der Waals surface area contributed by atoms with E-state index in [2.05, 4.69) is 29.2 Å². The van der Waals surface area contributed by atoms with E-state index in [9.17, 15) is 4.79 Å². The van der Waals surface area contributed by atoms with Crippen LogP contribution in [0.2, 0.25) is 0 Å². The Labute approximate surface area is 122 Å². The predicted molar refractivity (Wildman–Crippen MR) is 77.6 cm³/mol. The molecule has 0 aliphatic heterocycles. The quantitative estimate of drug-likeness (QED) is 0.763. The molecule has 1 heterocycles. The van der Waals surface area contributed by atoms with Gasteiger partial charge in [0, 0.05) is 16.4 Å². The smallest absolute Gasteiger partial charge is 0.234 e. The lowest BCUT2D eigenvalue weighted by Gasteiger charge is -1.98. The fourth-order valence-electron chi connectivity index (χ4n) is 2.01. The third-order valence-electron chi connectivity index (χ3n) is 3.25. The second-order valence-corrected chi connectivity index (χ2v) is 6.22. The van der Waals surface area contributed by atoms with Crippen molar-refractivity contribution in [3.63, 3.8) is 0 Å². The van der Waals surface area contributed by atoms with Gasteiger partial charge in [-0.3, -0.25) is 4.79 Å². The van der Waals surface area contributed by atoms with Gasteiger partial charge in [0.25, 0.3) is 0 Å². The maximum Gasteiger partial charge on any atom is 0.234 e. The van der Waals surface area contributed by atoms with Crippen LogP contribution in [0.1, 0.15) is 25.7 Å². The standard InChI is InChI=1S/C15H16N2O2S/c1-2-20-12-7-5-11(6-8-12)15-16-14(19-17-15)9-13(18)10-3-4-10/h5-8,10H,2-4,9H2,1H3. The third kappa shape index (κ3) is 3.10. The Hall–Kier alpha value is -1.62. The Balaban J connectivity index is 1.70. The molecule has 1 fully saturated rings. The summed E-state index contributed by atoms with van der Waals surface area (Å²) >= 11 is 1.79. The largest absolute Gasteiger partial charge is 0.339 e. The minimum absolute atomic E-state index is 0.217. The first-order valence-electron chi connectivity index (χ1n) is 6.85. The van der Waals surface area contributed by atoms with E-state index in [1.807, 2.05) is 12.1 Å². The molecule has 104 valence electrons. The average molecular weight is 288 g/mol. The van der Waals surface area contributed by atoms with E-state index in [4.69, 9.17) is 4.52 Å². The van der Waals surface area contributed by atoms with Gasteiger partial charge in [-0.15, -0.1) is 11.8 Å². The molecule has 0 bridgehead atoms. The summed E-state index contributed by atoms with van der Waals surface area (Å²) in [6.07, 6.45) is 2.29. The first kappa shape index (κ1) is 13.4. The summed E-state index contributed by atoms with van der Waals surface area (Å²) < 4.78 is 5.16. The topological polar surface area (TPSA) is 56.0 Å². The lowest BCUT2D eigenvalue weighted by Crippen LogP contribution is -2.04. The molecule has 0 amide bonds. The molecule has 4 nitrogen and oxygen atoms in total. The summed E-state index contributed by atoms with van der Waals surface area (Å²) in [5.41, 5.74) is 0.916. The number of thioether (sulfide) groups is 1. The molecule has 1 aromatic carbocycles. The van der Waals surface area contributed by atoms with Gasteiger partial charge in [0.15, 0.2) is 0 Å². The summed E-state index contributed by atoms with van der Waals surface area (Å²) in [4.78, 5) is 17.2. The zero-order valence-corrected chi connectivity index (χ0v) is 12.2. The second kappa shape index (κ2) is 5.79. The Morgan fingerprint density at radius 3 is 2.75 bits per heavy atom. The molecule has 0 saturated heterocycles. The van der Waals surface area contributed by atoms with Crippen molar-refractivity contribution in [2.45, 2.75) is 31.1 Å². The minimum Gasteiger partial charge on any atom is -0.339 e. The highest BCUT2D eigenvalue weighted by atomic mass is 32.2. The van der Waals surface area contributed by atoms with Crippen molar-refractivity contribution in [3.05, 3.63) is 30.2 Å². The average Bonchev–Trinajstić information content (AvgIpc) is 3.21. The van der Waals surface area contributed by atoms with Gasteiger partial charge in [-0.1, -0.05) is 12.1 Å². The molecule has 1 aliphatic carbocycles. The van der Waals surface area contributed by atoms with Gasteiger partial charge in [-0.05, 0) is 42.9 Å². The Morgan fingerprint density at radius 2 is 2.10 bits per heavy atom. The van der Waals surface area contributed by atoms with Crippen LogP contribution in [0.3, 0.4) is 0 Å². The molecule has 1 saturated carbocycles. The zero-order chi connectivity index (χ0) is 13.9. The lowest BCUT2D eigenvalue weighted by molar-refractivity contribution is -0.119. The van der Waals surface area contributed by atoms with Crippen LogP contribution in [0.5, 0.6) is 0 Å². The second-order valence-electron chi connectivity index (χ2n) is 4.89. The fraction of sp³-hybridized carbons (Fsp3) is 0.400. The van der Waals surface area contributed by atoms with E-state index in [1.54, 1.807) is 11.8 Å². The highest BCUT2D eigenvalue weighted by Crippen LogP contribution is 2.31. The predicted octanol–water partition coefficient (Wildman–Crippen LogP) is 3.37. The maximum absolute atomic E-state index is 11.7. The number of hydrogen-bond donors (Lipinski definition) is 0. The molecule has 0 radical (unpaired) electrons. The molecule has 1 aliphatic rings. The van der Waals surface area contributed by atoms with Gasteiger partial charge in [0.1, 0.15) is 5.78 Å². The molecule has 0 unspecified atom stereocenters. The number of nitrogens with zero attached hydrogens (tertiary/aromatic N) is 2. The van der Waals surface area contributed by atoms with Crippen molar-refractivity contribution >= 4 is 17.5 Å². The van der Waals surface area contributed by atoms with Crippen molar-refractivity contribution in [1.82, 2.24) is 10.1 Å². The third-order valence-corrected chi connectivity index (χ3v) is 4.14. The van der Waals surface area contributed by atoms with Crippen LogP contribution >= 0.6 is 11.8 Å². The molecule has 5 heteroatoms. The Kier molecular flexibility index (Phi) is 3.87. The Morgan fingerprint density at radius 1 is 1.35 bits per heavy atom. The van der Waals surface area contributed by atoms with Crippen LogP contribution in [-0.4, -0.2) is 21.7 Å². The van der Waals surface area contributed by atoms with Crippen molar-refractivity contribution in [1.29, 1.82) is 0 Å². The van der Waals surface area contributed by atoms with E-state index >= 15 is 0 Å². The summed E-state index contributed by atoms with van der Waals surface area (Å²) in [5.74, 6) is 2.47. The van der Waals surface area contributed by atoms with Gasteiger partial charge >= 0.3 is 0 Å². The van der Waals surface area contributed by atoms with E-state index in [-0.39, 0.29) is 18.1 Å². The van der Waals surface area contributed by atoms with Crippen LogP contribution in [-0.2, 0) is 11.2 Å². The molecule has 2 aromatic rings. The number of rotatable bonds is 6. The van der Waals surface area contributed by atoms with Crippen LogP contribution < -0.4 is 0 Å². The number of carbonyl (C=O) groups excluding carboxylic acids is 1. The molecule has 3 rings (SSSR count). The van der Waals surface area contributed by atoms with Gasteiger partial charge in [-0.2, -0.15) is 4.98 Å². The zero-order valence-electron chi connectivity index (χ0n) is 11.3. The molecule has 0 N–H and O–H groups in total. The molecule has 1 aromatic heterocycles. The van der Waals surface area contributed by atoms with Gasteiger partial charge in [-0.25, -0.2) is 0 Å². The number of aromatic nitrogens is 2. The van der Waals surface area contributed by atoms with E-state index in [1.165, 1.54) is 4.90 Å². The van der Waals surface area contributed by atoms with Crippen LogP contribution in [0.4, 0.5) is 0 Å². The number of Topliss-reactive ketones (excluding diaryl/α,β-unsaturated/α-hetero) is 1. The van der Waals surface area contributed by atoms with Crippen molar-refractivity contribution in [3.8, 4) is 11.4 Å². The van der Waals surface area contributed by atoms with Crippen LogP contribution in [0, 0.1) is 5.92 Å². The van der Waals surface area contributed by atoms with Crippen LogP contribution in [0.15, 0.2) is 33.7 Å². The summed E-state index contributed by atoms with van der Waals surface area (Å²) in [5, 5.41) is 3.95. The molecular formula is C15H16N2O2S. The van der Waals surface area contributed by atoms with Crippen molar-refractivity contribution in [2.75, 3.05) is 5.75 Å². The first-order valence-corrected chi connectivity index (χ1v) is 7.83. The molecule has 0 atom stereocenters. The minimum atomic E-state index is 0.217. The maximum atomic E-state index is 11.7. The summed E-state index contributed by atoms with van der Waals surface area (Å²) in [7, 11) is 0. The highest BCUT2D eigenvalue weighted by molar-refractivity contribution is 7.99. The number of hydrogen-bond acceptors (Lipinski definition) is 5. The molecule has 20 heavy (non-hydrogen) atoms. The van der Waals surface area contributed by atoms with Gasteiger partial charge < -0.3 is 4.52 Å². The molecular weight excluding hydrogens is 272 g/mol. The van der Waals surface area contributed by atoms with Crippen LogP contribution in [0.25, 0.3) is 11.4 Å². The van der Waals surface area contributed by atoms with Crippen molar-refractivity contribution < 1.29 is 9.32 Å². The normalized spacial score (nSPS) is 14.4. The van der Waals surface area contributed by atoms with Gasteiger partial charge in [0.05, 0.1) is 6.42 Å².